The topological polar surface area (TPSA) is 23.5 Å². The van der Waals surface area contributed by atoms with Crippen molar-refractivity contribution in [3.63, 3.8) is 0 Å². The average molecular weight is 448 g/mol. The third-order valence-corrected chi connectivity index (χ3v) is 7.47. The number of hydrogen-bond acceptors (Lipinski definition) is 2. The average Bonchev–Trinajstić information content (AvgIpc) is 3.02. The molecule has 148 valence electrons. The summed E-state index contributed by atoms with van der Waals surface area (Å²) in [5, 5.41) is 11.6. The lowest BCUT2D eigenvalue weighted by molar-refractivity contribution is -0.0658. The van der Waals surface area contributed by atoms with Crippen LogP contribution in [0.4, 0.5) is 0 Å². The molecule has 2 aliphatic heterocycles. The lowest BCUT2D eigenvalue weighted by atomic mass is 9.79. The van der Waals surface area contributed by atoms with Gasteiger partial charge in [-0.2, -0.15) is 0 Å². The summed E-state index contributed by atoms with van der Waals surface area (Å²) in [5.41, 5.74) is 2.97. The minimum absolute atomic E-state index is 0.199. The number of piperidine rings is 1. The smallest absolute Gasteiger partial charge is 0.0926 e. The van der Waals surface area contributed by atoms with Crippen molar-refractivity contribution in [2.24, 2.45) is 0 Å². The van der Waals surface area contributed by atoms with E-state index in [9.17, 15) is 5.11 Å². The second-order valence-electron chi connectivity index (χ2n) is 8.47. The molecule has 29 heavy (non-hydrogen) atoms. The van der Waals surface area contributed by atoms with Crippen LogP contribution in [0, 0.1) is 0 Å². The minimum Gasteiger partial charge on any atom is -0.385 e. The molecule has 5 rings (SSSR count). The van der Waals surface area contributed by atoms with E-state index in [4.69, 9.17) is 0 Å². The zero-order valence-electron chi connectivity index (χ0n) is 16.4. The molecule has 2 saturated heterocycles. The first-order valence-electron chi connectivity index (χ1n) is 10.5. The summed E-state index contributed by atoms with van der Waals surface area (Å²) >= 11 is 3.80. The fourth-order valence-corrected chi connectivity index (χ4v) is 6.01. The highest BCUT2D eigenvalue weighted by atomic mass is 79.9. The van der Waals surface area contributed by atoms with Crippen LogP contribution in [0.2, 0.25) is 0 Å². The molecule has 2 nitrogen and oxygen atoms in total. The highest BCUT2D eigenvalue weighted by Gasteiger charge is 2.50. The summed E-state index contributed by atoms with van der Waals surface area (Å²) in [5.74, 6) is 0. The van der Waals surface area contributed by atoms with Gasteiger partial charge in [0, 0.05) is 16.6 Å². The Morgan fingerprint density at radius 1 is 0.793 bits per heavy atom. The Hall–Kier alpha value is -1.94. The predicted molar refractivity (Wildman–Crippen MR) is 121 cm³/mol. The summed E-state index contributed by atoms with van der Waals surface area (Å²) in [6, 6.07) is 30.6. The molecule has 3 unspecified atom stereocenters. The van der Waals surface area contributed by atoms with Crippen LogP contribution in [0.3, 0.4) is 0 Å². The number of halogens is 1. The van der Waals surface area contributed by atoms with Gasteiger partial charge in [-0.1, -0.05) is 94.8 Å². The van der Waals surface area contributed by atoms with Crippen LogP contribution < -0.4 is 0 Å². The molecule has 2 fully saturated rings. The lowest BCUT2D eigenvalue weighted by Crippen LogP contribution is -2.51. The van der Waals surface area contributed by atoms with Crippen molar-refractivity contribution in [1.82, 2.24) is 4.90 Å². The largest absolute Gasteiger partial charge is 0.385 e. The Kier molecular flexibility index (Phi) is 5.07. The van der Waals surface area contributed by atoms with Gasteiger partial charge >= 0.3 is 0 Å². The highest BCUT2D eigenvalue weighted by Crippen LogP contribution is 2.50. The maximum atomic E-state index is 11.6. The van der Waals surface area contributed by atoms with Gasteiger partial charge in [0.25, 0.3) is 0 Å². The van der Waals surface area contributed by atoms with Crippen LogP contribution in [0.25, 0.3) is 0 Å². The normalized spacial score (nSPS) is 27.7. The van der Waals surface area contributed by atoms with Crippen molar-refractivity contribution >= 4 is 15.9 Å². The van der Waals surface area contributed by atoms with E-state index in [0.29, 0.717) is 12.1 Å². The van der Waals surface area contributed by atoms with Gasteiger partial charge in [0.05, 0.1) is 11.6 Å². The molecular weight excluding hydrogens is 422 g/mol. The Balaban J connectivity index is 1.54. The summed E-state index contributed by atoms with van der Waals surface area (Å²) in [6.07, 6.45) is 3.88. The first kappa shape index (κ1) is 19.0. The highest BCUT2D eigenvalue weighted by molar-refractivity contribution is 9.10. The van der Waals surface area contributed by atoms with Crippen LogP contribution in [0.5, 0.6) is 0 Å². The van der Waals surface area contributed by atoms with Gasteiger partial charge in [-0.25, -0.2) is 0 Å². The van der Waals surface area contributed by atoms with E-state index in [1.807, 2.05) is 18.2 Å². The van der Waals surface area contributed by atoms with Crippen LogP contribution >= 0.6 is 15.9 Å². The number of hydrogen-bond donors (Lipinski definition) is 1. The van der Waals surface area contributed by atoms with E-state index in [1.165, 1.54) is 11.1 Å². The van der Waals surface area contributed by atoms with E-state index < -0.39 is 5.60 Å². The monoisotopic (exact) mass is 447 g/mol. The van der Waals surface area contributed by atoms with Gasteiger partial charge in [-0.3, -0.25) is 4.90 Å². The van der Waals surface area contributed by atoms with Crippen molar-refractivity contribution in [3.05, 3.63) is 106 Å². The van der Waals surface area contributed by atoms with Crippen molar-refractivity contribution < 1.29 is 5.11 Å². The van der Waals surface area contributed by atoms with Gasteiger partial charge in [0.15, 0.2) is 0 Å². The third-order valence-electron chi connectivity index (χ3n) is 6.75. The number of benzene rings is 3. The van der Waals surface area contributed by atoms with Crippen LogP contribution in [0.1, 0.15) is 48.4 Å². The van der Waals surface area contributed by atoms with Gasteiger partial charge < -0.3 is 5.11 Å². The van der Waals surface area contributed by atoms with E-state index in [2.05, 4.69) is 87.6 Å². The molecule has 2 bridgehead atoms. The molecule has 2 aliphatic rings. The van der Waals surface area contributed by atoms with Crippen LogP contribution in [0.15, 0.2) is 89.4 Å². The quantitative estimate of drug-likeness (QED) is 0.525. The van der Waals surface area contributed by atoms with Gasteiger partial charge in [0.2, 0.25) is 0 Å². The Labute approximate surface area is 181 Å². The molecule has 0 radical (unpaired) electrons. The van der Waals surface area contributed by atoms with Crippen molar-refractivity contribution in [1.29, 1.82) is 0 Å². The van der Waals surface area contributed by atoms with Gasteiger partial charge in [0.1, 0.15) is 0 Å². The molecule has 0 aliphatic carbocycles. The first-order chi connectivity index (χ1) is 14.2. The van der Waals surface area contributed by atoms with Gasteiger partial charge in [-0.15, -0.1) is 0 Å². The summed E-state index contributed by atoms with van der Waals surface area (Å²) in [6.45, 7) is 0. The number of aliphatic hydroxyl groups is 1. The standard InChI is InChI=1S/C26H26BrNO/c27-24-14-8-7-13-23(24)25(19-9-3-1-4-10-19)28-21-15-16-22(28)18-26(29,17-21)20-11-5-2-6-12-20/h1-14,21-22,25,29H,15-18H2. The minimum atomic E-state index is -0.723. The molecule has 1 N–H and O–H groups in total. The molecule has 3 aromatic rings. The maximum Gasteiger partial charge on any atom is 0.0926 e. The Morgan fingerprint density at radius 2 is 1.34 bits per heavy atom. The lowest BCUT2D eigenvalue weighted by Gasteiger charge is -2.48. The zero-order chi connectivity index (χ0) is 19.8. The fraction of sp³-hybridized carbons (Fsp3) is 0.308. The Bertz CT molecular complexity index is 960. The Morgan fingerprint density at radius 3 is 1.97 bits per heavy atom. The third kappa shape index (κ3) is 3.46. The van der Waals surface area contributed by atoms with Crippen LogP contribution in [-0.2, 0) is 5.60 Å². The first-order valence-corrected chi connectivity index (χ1v) is 11.3. The molecule has 3 aromatic carbocycles. The number of nitrogens with zero attached hydrogens (tertiary/aromatic N) is 1. The second-order valence-corrected chi connectivity index (χ2v) is 9.33. The predicted octanol–water partition coefficient (Wildman–Crippen LogP) is 6.05. The van der Waals surface area contributed by atoms with Crippen molar-refractivity contribution in [3.8, 4) is 0 Å². The summed E-state index contributed by atoms with van der Waals surface area (Å²) in [4.78, 5) is 2.69. The van der Waals surface area contributed by atoms with E-state index in [-0.39, 0.29) is 6.04 Å². The fourth-order valence-electron chi connectivity index (χ4n) is 5.51. The molecule has 3 atom stereocenters. The van der Waals surface area contributed by atoms with E-state index in [0.717, 1.165) is 35.7 Å². The maximum absolute atomic E-state index is 11.6. The molecule has 0 amide bonds. The van der Waals surface area contributed by atoms with E-state index in [1.54, 1.807) is 0 Å². The van der Waals surface area contributed by atoms with E-state index >= 15 is 0 Å². The summed E-state index contributed by atoms with van der Waals surface area (Å²) in [7, 11) is 0. The molecule has 0 aromatic heterocycles. The summed E-state index contributed by atoms with van der Waals surface area (Å²) < 4.78 is 1.15. The van der Waals surface area contributed by atoms with Gasteiger partial charge in [-0.05, 0) is 48.4 Å². The SMILES string of the molecule is OC1(c2ccccc2)CC2CCC(C1)N2C(c1ccccc1)c1ccccc1Br. The molecule has 0 spiro atoms. The molecule has 0 saturated carbocycles. The van der Waals surface area contributed by atoms with Crippen molar-refractivity contribution in [2.75, 3.05) is 0 Å². The van der Waals surface area contributed by atoms with Crippen molar-refractivity contribution in [2.45, 2.75) is 49.4 Å². The number of fused-ring (bicyclic) bond motifs is 2. The molecule has 2 heterocycles. The molecular formula is C26H26BrNO. The second kappa shape index (κ2) is 7.71. The zero-order valence-corrected chi connectivity index (χ0v) is 18.0. The molecule has 3 heteroatoms. The van der Waals surface area contributed by atoms with Crippen LogP contribution in [-0.4, -0.2) is 22.1 Å². The number of rotatable bonds is 4.